The molecule has 114 valence electrons. The van der Waals surface area contributed by atoms with Crippen molar-refractivity contribution in [2.45, 2.75) is 44.6 Å². The van der Waals surface area contributed by atoms with Crippen molar-refractivity contribution in [3.8, 4) is 0 Å². The first-order chi connectivity index (χ1) is 10.1. The number of hydrogen-bond acceptors (Lipinski definition) is 4. The van der Waals surface area contributed by atoms with Crippen LogP contribution in [0.1, 0.15) is 38.5 Å². The molecule has 0 aromatic rings. The second-order valence-corrected chi connectivity index (χ2v) is 5.94. The van der Waals surface area contributed by atoms with Crippen LogP contribution in [0.15, 0.2) is 5.10 Å². The molecule has 1 aliphatic carbocycles. The highest BCUT2D eigenvalue weighted by atomic mass is 16.2. The molecule has 0 aromatic carbocycles. The highest BCUT2D eigenvalue weighted by Crippen LogP contribution is 2.31. The topological polar surface area (TPSA) is 90.9 Å². The third-order valence-electron chi connectivity index (χ3n) is 4.23. The predicted molar refractivity (Wildman–Crippen MR) is 75.3 cm³/mol. The molecule has 2 heterocycles. The molecular weight excluding hydrogens is 272 g/mol. The predicted octanol–water partition coefficient (Wildman–Crippen LogP) is -0.230. The third-order valence-corrected chi connectivity index (χ3v) is 4.23. The first-order valence-electron chi connectivity index (χ1n) is 7.58. The molecule has 0 aromatic heterocycles. The number of amides is 3. The summed E-state index contributed by atoms with van der Waals surface area (Å²) in [6, 6.07) is 0.0843. The zero-order valence-corrected chi connectivity index (χ0v) is 11.9. The van der Waals surface area contributed by atoms with Crippen LogP contribution in [0.3, 0.4) is 0 Å². The molecule has 3 rings (SSSR count). The molecule has 2 N–H and O–H groups in total. The summed E-state index contributed by atoms with van der Waals surface area (Å²) in [6.45, 7) is 1.42. The molecule has 1 saturated heterocycles. The summed E-state index contributed by atoms with van der Waals surface area (Å²) in [4.78, 5) is 36.9. The molecule has 0 unspecified atom stereocenters. The Balaban J connectivity index is 1.45. The van der Waals surface area contributed by atoms with E-state index in [2.05, 4.69) is 15.8 Å². The molecule has 2 aliphatic heterocycles. The first-order valence-corrected chi connectivity index (χ1v) is 7.58. The van der Waals surface area contributed by atoms with Gasteiger partial charge < -0.3 is 10.2 Å². The van der Waals surface area contributed by atoms with Gasteiger partial charge in [-0.1, -0.05) is 0 Å². The number of carbonyl (C=O) groups is 3. The summed E-state index contributed by atoms with van der Waals surface area (Å²) < 4.78 is 0. The number of carbonyl (C=O) groups excluding carboxylic acids is 3. The van der Waals surface area contributed by atoms with E-state index >= 15 is 0 Å². The highest BCUT2D eigenvalue weighted by molar-refractivity contribution is 6.39. The van der Waals surface area contributed by atoms with Gasteiger partial charge in [0.1, 0.15) is 5.71 Å². The van der Waals surface area contributed by atoms with Crippen molar-refractivity contribution in [1.82, 2.24) is 15.6 Å². The van der Waals surface area contributed by atoms with E-state index in [0.717, 1.165) is 25.7 Å². The average molecular weight is 292 g/mol. The van der Waals surface area contributed by atoms with Crippen LogP contribution in [0.25, 0.3) is 0 Å². The molecule has 7 nitrogen and oxygen atoms in total. The van der Waals surface area contributed by atoms with Gasteiger partial charge in [0.05, 0.1) is 0 Å². The molecule has 0 bridgehead atoms. The van der Waals surface area contributed by atoms with E-state index < -0.39 is 0 Å². The van der Waals surface area contributed by atoms with Gasteiger partial charge in [0.2, 0.25) is 11.8 Å². The highest BCUT2D eigenvalue weighted by Gasteiger charge is 2.35. The maximum absolute atomic E-state index is 12.0. The normalized spacial score (nSPS) is 23.3. The van der Waals surface area contributed by atoms with Crippen molar-refractivity contribution in [3.05, 3.63) is 0 Å². The van der Waals surface area contributed by atoms with E-state index in [1.54, 1.807) is 0 Å². The molecule has 0 atom stereocenters. The van der Waals surface area contributed by atoms with Crippen LogP contribution in [-0.2, 0) is 14.4 Å². The maximum atomic E-state index is 12.0. The third kappa shape index (κ3) is 3.40. The smallest absolute Gasteiger partial charge is 0.267 e. The van der Waals surface area contributed by atoms with Gasteiger partial charge in [0.25, 0.3) is 5.91 Å². The van der Waals surface area contributed by atoms with Crippen LogP contribution in [-0.4, -0.2) is 47.5 Å². The summed E-state index contributed by atoms with van der Waals surface area (Å²) in [5.74, 6) is 0.177. The fourth-order valence-electron chi connectivity index (χ4n) is 2.74. The summed E-state index contributed by atoms with van der Waals surface area (Å²) in [7, 11) is 0. The van der Waals surface area contributed by atoms with E-state index in [0.29, 0.717) is 31.6 Å². The van der Waals surface area contributed by atoms with Gasteiger partial charge in [-0.25, -0.2) is 5.43 Å². The Hall–Kier alpha value is -1.92. The zero-order valence-electron chi connectivity index (χ0n) is 11.9. The van der Waals surface area contributed by atoms with E-state index in [9.17, 15) is 14.4 Å². The van der Waals surface area contributed by atoms with E-state index in [4.69, 9.17) is 0 Å². The Kier molecular flexibility index (Phi) is 3.90. The first kappa shape index (κ1) is 14.0. The van der Waals surface area contributed by atoms with Crippen LogP contribution < -0.4 is 10.7 Å². The number of hydrazone groups is 1. The van der Waals surface area contributed by atoms with E-state index in [1.807, 2.05) is 4.90 Å². The van der Waals surface area contributed by atoms with Gasteiger partial charge in [0.15, 0.2) is 0 Å². The second-order valence-electron chi connectivity index (χ2n) is 5.94. The number of likely N-dealkylation sites (tertiary alicyclic amines) is 1. The zero-order chi connectivity index (χ0) is 14.8. The number of rotatable bonds is 3. The van der Waals surface area contributed by atoms with Crippen molar-refractivity contribution in [2.75, 3.05) is 13.1 Å². The Labute approximate surface area is 123 Å². The minimum atomic E-state index is -0.207. The average Bonchev–Trinajstić information content (AvgIpc) is 3.32. The van der Waals surface area contributed by atoms with E-state index in [1.165, 1.54) is 0 Å². The minimum absolute atomic E-state index is 0.0843. The number of nitrogens with zero attached hydrogens (tertiary/aromatic N) is 2. The number of nitrogens with one attached hydrogen (secondary N) is 2. The van der Waals surface area contributed by atoms with Crippen LogP contribution in [0.5, 0.6) is 0 Å². The van der Waals surface area contributed by atoms with Gasteiger partial charge in [-0.3, -0.25) is 14.4 Å². The van der Waals surface area contributed by atoms with Gasteiger partial charge in [-0.2, -0.15) is 5.10 Å². The number of piperidine rings is 1. The van der Waals surface area contributed by atoms with Crippen LogP contribution in [0.2, 0.25) is 0 Å². The standard InChI is InChI=1S/C14H20N4O3/c19-12-4-3-11(16-17-12)13(20)15-10-5-7-18(8-6-10)14(21)9-1-2-9/h9-10H,1-8H2,(H,15,20)(H,17,19). The molecule has 0 radical (unpaired) electrons. The van der Waals surface area contributed by atoms with Crippen molar-refractivity contribution in [3.63, 3.8) is 0 Å². The Bertz CT molecular complexity index is 490. The van der Waals surface area contributed by atoms with Crippen molar-refractivity contribution in [2.24, 2.45) is 11.0 Å². The molecule has 7 heteroatoms. The van der Waals surface area contributed by atoms with Crippen LogP contribution >= 0.6 is 0 Å². The summed E-state index contributed by atoms with van der Waals surface area (Å²) in [6.07, 6.45) is 4.31. The second kappa shape index (κ2) is 5.83. The van der Waals surface area contributed by atoms with Crippen molar-refractivity contribution < 1.29 is 14.4 Å². The Morgan fingerprint density at radius 3 is 2.43 bits per heavy atom. The molecule has 2 fully saturated rings. The maximum Gasteiger partial charge on any atom is 0.267 e. The van der Waals surface area contributed by atoms with Crippen molar-refractivity contribution in [1.29, 1.82) is 0 Å². The molecule has 21 heavy (non-hydrogen) atoms. The van der Waals surface area contributed by atoms with Gasteiger partial charge >= 0.3 is 0 Å². The lowest BCUT2D eigenvalue weighted by Gasteiger charge is -2.32. The SMILES string of the molecule is O=C1CCC(C(=O)NC2CCN(C(=O)C3CC3)CC2)=NN1. The quantitative estimate of drug-likeness (QED) is 0.753. The molecule has 1 saturated carbocycles. The summed E-state index contributed by atoms with van der Waals surface area (Å²) in [5, 5.41) is 6.74. The monoisotopic (exact) mass is 292 g/mol. The van der Waals surface area contributed by atoms with Crippen LogP contribution in [0, 0.1) is 5.92 Å². The Morgan fingerprint density at radius 1 is 1.14 bits per heavy atom. The molecule has 3 aliphatic rings. The van der Waals surface area contributed by atoms with Gasteiger partial charge in [-0.15, -0.1) is 0 Å². The van der Waals surface area contributed by atoms with Gasteiger partial charge in [-0.05, 0) is 25.7 Å². The molecule has 3 amide bonds. The van der Waals surface area contributed by atoms with E-state index in [-0.39, 0.29) is 29.7 Å². The molecular formula is C14H20N4O3. The lowest BCUT2D eigenvalue weighted by Crippen LogP contribution is -2.49. The summed E-state index contributed by atoms with van der Waals surface area (Å²) >= 11 is 0. The summed E-state index contributed by atoms with van der Waals surface area (Å²) in [5.41, 5.74) is 2.71. The lowest BCUT2D eigenvalue weighted by atomic mass is 10.0. The van der Waals surface area contributed by atoms with Gasteiger partial charge in [0, 0.05) is 37.9 Å². The largest absolute Gasteiger partial charge is 0.348 e. The lowest BCUT2D eigenvalue weighted by molar-refractivity contribution is -0.133. The Morgan fingerprint density at radius 2 is 1.86 bits per heavy atom. The molecule has 0 spiro atoms. The van der Waals surface area contributed by atoms with Crippen LogP contribution in [0.4, 0.5) is 0 Å². The fraction of sp³-hybridized carbons (Fsp3) is 0.714. The fourth-order valence-corrected chi connectivity index (χ4v) is 2.74. The minimum Gasteiger partial charge on any atom is -0.348 e. The number of hydrogen-bond donors (Lipinski definition) is 2. The van der Waals surface area contributed by atoms with Crippen molar-refractivity contribution >= 4 is 23.4 Å².